The summed E-state index contributed by atoms with van der Waals surface area (Å²) in [6.07, 6.45) is 3.20. The summed E-state index contributed by atoms with van der Waals surface area (Å²) in [4.78, 5) is 20.1. The Labute approximate surface area is 111 Å². The number of nitrogens with two attached hydrogens (primary N) is 1. The number of nitrogen functional groups attached to an aromatic ring is 1. The zero-order chi connectivity index (χ0) is 13.7. The standard InChI is InChI=1S/C13H15N5O/c1-9-3-2-6-15-12(9)8-17-13(19)11-5-4-10(18-14)7-16-11/h2-7,18H,8,14H2,1H3,(H,17,19). The molecule has 0 bridgehead atoms. The second kappa shape index (κ2) is 5.92. The number of rotatable bonds is 4. The maximum Gasteiger partial charge on any atom is 0.270 e. The Balaban J connectivity index is 1.99. The molecule has 2 rings (SSSR count). The van der Waals surface area contributed by atoms with E-state index < -0.39 is 0 Å². The molecule has 0 spiro atoms. The van der Waals surface area contributed by atoms with Crippen LogP contribution in [-0.2, 0) is 6.54 Å². The molecule has 0 saturated carbocycles. The van der Waals surface area contributed by atoms with Crippen molar-refractivity contribution in [2.24, 2.45) is 5.84 Å². The summed E-state index contributed by atoms with van der Waals surface area (Å²) in [5, 5.41) is 2.78. The van der Waals surface area contributed by atoms with Crippen LogP contribution in [0.2, 0.25) is 0 Å². The van der Waals surface area contributed by atoms with Crippen LogP contribution in [0.1, 0.15) is 21.7 Å². The molecule has 0 unspecified atom stereocenters. The van der Waals surface area contributed by atoms with Crippen LogP contribution < -0.4 is 16.6 Å². The predicted molar refractivity (Wildman–Crippen MR) is 72.2 cm³/mol. The van der Waals surface area contributed by atoms with Gasteiger partial charge in [-0.2, -0.15) is 0 Å². The number of pyridine rings is 2. The Morgan fingerprint density at radius 1 is 1.32 bits per heavy atom. The molecule has 0 aliphatic rings. The molecule has 0 aliphatic carbocycles. The molecule has 0 atom stereocenters. The molecule has 2 heterocycles. The SMILES string of the molecule is Cc1cccnc1CNC(=O)c1ccc(NN)cn1. The van der Waals surface area contributed by atoms with Gasteiger partial charge in [0, 0.05) is 6.20 Å². The van der Waals surface area contributed by atoms with Gasteiger partial charge in [0.05, 0.1) is 24.1 Å². The number of nitrogens with zero attached hydrogens (tertiary/aromatic N) is 2. The van der Waals surface area contributed by atoms with Gasteiger partial charge in [-0.25, -0.2) is 4.98 Å². The molecule has 0 aromatic carbocycles. The van der Waals surface area contributed by atoms with Gasteiger partial charge in [-0.05, 0) is 30.7 Å². The number of hydrogen-bond acceptors (Lipinski definition) is 5. The number of aromatic nitrogens is 2. The zero-order valence-corrected chi connectivity index (χ0v) is 10.6. The van der Waals surface area contributed by atoms with Crippen LogP contribution >= 0.6 is 0 Å². The fourth-order valence-electron chi connectivity index (χ4n) is 1.57. The number of hydrogen-bond donors (Lipinski definition) is 3. The molecule has 1 amide bonds. The van der Waals surface area contributed by atoms with Crippen molar-refractivity contribution in [1.82, 2.24) is 15.3 Å². The summed E-state index contributed by atoms with van der Waals surface area (Å²) < 4.78 is 0. The largest absolute Gasteiger partial charge is 0.345 e. The second-order valence-electron chi connectivity index (χ2n) is 4.03. The third-order valence-electron chi connectivity index (χ3n) is 2.70. The average Bonchev–Trinajstić information content (AvgIpc) is 2.46. The van der Waals surface area contributed by atoms with Crippen molar-refractivity contribution in [3.05, 3.63) is 53.6 Å². The van der Waals surface area contributed by atoms with Gasteiger partial charge in [-0.15, -0.1) is 0 Å². The quantitative estimate of drug-likeness (QED) is 0.561. The number of carbonyl (C=O) groups excluding carboxylic acids is 1. The van der Waals surface area contributed by atoms with Crippen molar-refractivity contribution in [3.8, 4) is 0 Å². The molecular formula is C13H15N5O. The van der Waals surface area contributed by atoms with Crippen LogP contribution in [-0.4, -0.2) is 15.9 Å². The third kappa shape index (κ3) is 3.26. The summed E-state index contributed by atoms with van der Waals surface area (Å²) >= 11 is 0. The number of nitrogens with one attached hydrogen (secondary N) is 2. The number of amides is 1. The van der Waals surface area contributed by atoms with Crippen LogP contribution in [0.25, 0.3) is 0 Å². The molecule has 2 aromatic heterocycles. The van der Waals surface area contributed by atoms with Gasteiger partial charge in [0.15, 0.2) is 0 Å². The van der Waals surface area contributed by atoms with E-state index in [0.717, 1.165) is 11.3 Å². The molecule has 0 radical (unpaired) electrons. The molecule has 98 valence electrons. The Morgan fingerprint density at radius 2 is 2.16 bits per heavy atom. The van der Waals surface area contributed by atoms with Crippen molar-refractivity contribution in [3.63, 3.8) is 0 Å². The summed E-state index contributed by atoms with van der Waals surface area (Å²) in [6.45, 7) is 2.33. The number of anilines is 1. The normalized spacial score (nSPS) is 10.0. The molecule has 4 N–H and O–H groups in total. The van der Waals surface area contributed by atoms with Crippen molar-refractivity contribution >= 4 is 11.6 Å². The maximum atomic E-state index is 11.9. The van der Waals surface area contributed by atoms with Crippen LogP contribution in [0.5, 0.6) is 0 Å². The smallest absolute Gasteiger partial charge is 0.270 e. The Bertz CT molecular complexity index is 568. The average molecular weight is 257 g/mol. The Kier molecular flexibility index (Phi) is 4.04. The fraction of sp³-hybridized carbons (Fsp3) is 0.154. The lowest BCUT2D eigenvalue weighted by Crippen LogP contribution is -2.24. The Hall–Kier alpha value is -2.47. The highest BCUT2D eigenvalue weighted by molar-refractivity contribution is 5.92. The van der Waals surface area contributed by atoms with E-state index in [1.807, 2.05) is 19.1 Å². The molecule has 6 heteroatoms. The first-order chi connectivity index (χ1) is 9.20. The first kappa shape index (κ1) is 13.0. The molecule has 19 heavy (non-hydrogen) atoms. The van der Waals surface area contributed by atoms with Gasteiger partial charge >= 0.3 is 0 Å². The molecule has 2 aromatic rings. The van der Waals surface area contributed by atoms with Crippen molar-refractivity contribution in [2.75, 3.05) is 5.43 Å². The zero-order valence-electron chi connectivity index (χ0n) is 10.6. The van der Waals surface area contributed by atoms with Crippen molar-refractivity contribution in [2.45, 2.75) is 13.5 Å². The summed E-state index contributed by atoms with van der Waals surface area (Å²) in [5.41, 5.74) is 5.33. The highest BCUT2D eigenvalue weighted by Gasteiger charge is 2.07. The first-order valence-corrected chi connectivity index (χ1v) is 5.82. The summed E-state index contributed by atoms with van der Waals surface area (Å²) in [5.74, 6) is 4.99. The number of carbonyl (C=O) groups is 1. The fourth-order valence-corrected chi connectivity index (χ4v) is 1.57. The molecule has 0 saturated heterocycles. The van der Waals surface area contributed by atoms with E-state index in [2.05, 4.69) is 20.7 Å². The van der Waals surface area contributed by atoms with E-state index in [9.17, 15) is 4.79 Å². The van der Waals surface area contributed by atoms with Crippen molar-refractivity contribution < 1.29 is 4.79 Å². The molecule has 0 aliphatic heterocycles. The predicted octanol–water partition coefficient (Wildman–Crippen LogP) is 1.00. The number of hydrazine groups is 1. The topological polar surface area (TPSA) is 92.9 Å². The van der Waals surface area contributed by atoms with Gasteiger partial charge in [0.25, 0.3) is 5.91 Å². The third-order valence-corrected chi connectivity index (χ3v) is 2.70. The van der Waals surface area contributed by atoms with E-state index in [0.29, 0.717) is 17.9 Å². The van der Waals surface area contributed by atoms with Gasteiger partial charge in [0.2, 0.25) is 0 Å². The maximum absolute atomic E-state index is 11.9. The van der Waals surface area contributed by atoms with E-state index in [4.69, 9.17) is 5.84 Å². The molecule has 6 nitrogen and oxygen atoms in total. The van der Waals surface area contributed by atoms with Gasteiger partial charge in [0.1, 0.15) is 5.69 Å². The monoisotopic (exact) mass is 257 g/mol. The second-order valence-corrected chi connectivity index (χ2v) is 4.03. The van der Waals surface area contributed by atoms with E-state index in [1.165, 1.54) is 6.20 Å². The first-order valence-electron chi connectivity index (χ1n) is 5.82. The molecule has 0 fully saturated rings. The highest BCUT2D eigenvalue weighted by Crippen LogP contribution is 2.05. The van der Waals surface area contributed by atoms with E-state index in [-0.39, 0.29) is 5.91 Å². The lowest BCUT2D eigenvalue weighted by Gasteiger charge is -2.07. The van der Waals surface area contributed by atoms with Gasteiger partial charge < -0.3 is 10.7 Å². The highest BCUT2D eigenvalue weighted by atomic mass is 16.1. The Morgan fingerprint density at radius 3 is 2.79 bits per heavy atom. The van der Waals surface area contributed by atoms with E-state index >= 15 is 0 Å². The van der Waals surface area contributed by atoms with Gasteiger partial charge in [-0.3, -0.25) is 15.6 Å². The minimum Gasteiger partial charge on any atom is -0.345 e. The molecular weight excluding hydrogens is 242 g/mol. The lowest BCUT2D eigenvalue weighted by molar-refractivity contribution is 0.0945. The van der Waals surface area contributed by atoms with Crippen LogP contribution in [0.3, 0.4) is 0 Å². The lowest BCUT2D eigenvalue weighted by atomic mass is 10.2. The van der Waals surface area contributed by atoms with E-state index in [1.54, 1.807) is 18.3 Å². The van der Waals surface area contributed by atoms with Crippen LogP contribution in [0.4, 0.5) is 5.69 Å². The van der Waals surface area contributed by atoms with Crippen LogP contribution in [0, 0.1) is 6.92 Å². The minimum absolute atomic E-state index is 0.242. The van der Waals surface area contributed by atoms with Crippen molar-refractivity contribution in [1.29, 1.82) is 0 Å². The van der Waals surface area contributed by atoms with Crippen LogP contribution in [0.15, 0.2) is 36.7 Å². The number of aryl methyl sites for hydroxylation is 1. The van der Waals surface area contributed by atoms with Gasteiger partial charge in [-0.1, -0.05) is 6.07 Å². The minimum atomic E-state index is -0.242. The summed E-state index contributed by atoms with van der Waals surface area (Å²) in [7, 11) is 0. The summed E-state index contributed by atoms with van der Waals surface area (Å²) in [6, 6.07) is 7.11.